The lowest BCUT2D eigenvalue weighted by atomic mass is 10.2. The average molecular weight is 335 g/mol. The van der Waals surface area contributed by atoms with Crippen LogP contribution >= 0.6 is 11.8 Å². The van der Waals surface area contributed by atoms with Gasteiger partial charge in [-0.3, -0.25) is 0 Å². The Bertz CT molecular complexity index is 697. The molecule has 5 nitrogen and oxygen atoms in total. The van der Waals surface area contributed by atoms with Gasteiger partial charge in [0.25, 0.3) is 0 Å². The quantitative estimate of drug-likeness (QED) is 0.709. The highest BCUT2D eigenvalue weighted by Gasteiger charge is 2.16. The summed E-state index contributed by atoms with van der Waals surface area (Å²) in [6.45, 7) is 6.62. The normalized spacial score (nSPS) is 12.3. The third-order valence-corrected chi connectivity index (χ3v) is 4.01. The van der Waals surface area contributed by atoms with Gasteiger partial charge < -0.3 is 9.26 Å². The molecule has 0 bridgehead atoms. The lowest BCUT2D eigenvalue weighted by Gasteiger charge is -2.10. The van der Waals surface area contributed by atoms with Crippen molar-refractivity contribution in [1.82, 2.24) is 10.1 Å². The SMILES string of the molecule is CC(C)CO[C@H](C)c1noc(CSc2cccc(F)c2C#N)n1. The van der Waals surface area contributed by atoms with Gasteiger partial charge in [0.05, 0.1) is 5.75 Å². The van der Waals surface area contributed by atoms with Crippen molar-refractivity contribution in [3.8, 4) is 6.07 Å². The van der Waals surface area contributed by atoms with Crippen molar-refractivity contribution >= 4 is 11.8 Å². The van der Waals surface area contributed by atoms with Crippen LogP contribution in [-0.4, -0.2) is 16.7 Å². The molecular weight excluding hydrogens is 317 g/mol. The molecule has 2 aromatic rings. The molecule has 2 rings (SSSR count). The summed E-state index contributed by atoms with van der Waals surface area (Å²) in [5.41, 5.74) is 0.0332. The zero-order chi connectivity index (χ0) is 16.8. The lowest BCUT2D eigenvalue weighted by molar-refractivity contribution is 0.0402. The number of hydrogen-bond acceptors (Lipinski definition) is 6. The van der Waals surface area contributed by atoms with Crippen LogP contribution in [0.25, 0.3) is 0 Å². The molecular formula is C16H18FN3O2S. The van der Waals surface area contributed by atoms with Gasteiger partial charge in [-0.05, 0) is 25.0 Å². The van der Waals surface area contributed by atoms with Gasteiger partial charge in [-0.15, -0.1) is 11.8 Å². The van der Waals surface area contributed by atoms with Crippen molar-refractivity contribution in [2.45, 2.75) is 37.5 Å². The number of thioether (sulfide) groups is 1. The van der Waals surface area contributed by atoms with Crippen LogP contribution in [0.2, 0.25) is 0 Å². The van der Waals surface area contributed by atoms with Crippen LogP contribution in [-0.2, 0) is 10.5 Å². The maximum Gasteiger partial charge on any atom is 0.237 e. The Labute approximate surface area is 138 Å². The van der Waals surface area contributed by atoms with E-state index in [2.05, 4.69) is 24.0 Å². The number of nitrogens with zero attached hydrogens (tertiary/aromatic N) is 3. The largest absolute Gasteiger partial charge is 0.370 e. The van der Waals surface area contributed by atoms with Crippen LogP contribution in [0, 0.1) is 23.1 Å². The van der Waals surface area contributed by atoms with E-state index in [0.717, 1.165) is 0 Å². The van der Waals surface area contributed by atoms with E-state index < -0.39 is 5.82 Å². The third-order valence-electron chi connectivity index (χ3n) is 2.97. The molecule has 0 N–H and O–H groups in total. The summed E-state index contributed by atoms with van der Waals surface area (Å²) in [6, 6.07) is 6.39. The molecule has 0 aliphatic heterocycles. The Morgan fingerprint density at radius 3 is 2.87 bits per heavy atom. The standard InChI is InChI=1S/C16H18FN3O2S/c1-10(2)8-21-11(3)16-19-15(22-20-16)9-23-14-6-4-5-13(17)12(14)7-18/h4-6,10-11H,8-9H2,1-3H3/t11-/m1/s1. The van der Waals surface area contributed by atoms with Gasteiger partial charge in [0.15, 0.2) is 5.82 Å². The fourth-order valence-electron chi connectivity index (χ4n) is 1.78. The van der Waals surface area contributed by atoms with Crippen LogP contribution < -0.4 is 0 Å². The second kappa shape index (κ2) is 8.09. The zero-order valence-electron chi connectivity index (χ0n) is 13.2. The van der Waals surface area contributed by atoms with E-state index in [-0.39, 0.29) is 11.7 Å². The van der Waals surface area contributed by atoms with Gasteiger partial charge in [0, 0.05) is 11.5 Å². The fraction of sp³-hybridized carbons (Fsp3) is 0.438. The molecule has 0 unspecified atom stereocenters. The summed E-state index contributed by atoms with van der Waals surface area (Å²) in [7, 11) is 0. The minimum atomic E-state index is -0.528. The highest BCUT2D eigenvalue weighted by Crippen LogP contribution is 2.27. The first-order valence-corrected chi connectivity index (χ1v) is 8.25. The first-order chi connectivity index (χ1) is 11.0. The predicted octanol–water partition coefficient (Wildman–Crippen LogP) is 4.11. The van der Waals surface area contributed by atoms with Crippen LogP contribution in [0.3, 0.4) is 0 Å². The maximum atomic E-state index is 13.5. The van der Waals surface area contributed by atoms with Crippen molar-refractivity contribution in [3.05, 3.63) is 41.3 Å². The number of benzene rings is 1. The molecule has 0 fully saturated rings. The highest BCUT2D eigenvalue weighted by molar-refractivity contribution is 7.98. The average Bonchev–Trinajstić information content (AvgIpc) is 2.99. The lowest BCUT2D eigenvalue weighted by Crippen LogP contribution is -2.07. The van der Waals surface area contributed by atoms with Crippen molar-refractivity contribution < 1.29 is 13.7 Å². The number of hydrogen-bond donors (Lipinski definition) is 0. The second-order valence-corrected chi connectivity index (χ2v) is 6.45. The number of halogens is 1. The molecule has 0 radical (unpaired) electrons. The van der Waals surface area contributed by atoms with Crippen LogP contribution in [0.15, 0.2) is 27.6 Å². The van der Waals surface area contributed by atoms with Gasteiger partial charge in [-0.25, -0.2) is 4.39 Å². The van der Waals surface area contributed by atoms with Crippen molar-refractivity contribution in [2.75, 3.05) is 6.61 Å². The van der Waals surface area contributed by atoms with E-state index in [1.54, 1.807) is 12.1 Å². The molecule has 1 aromatic heterocycles. The molecule has 0 amide bonds. The summed E-state index contributed by atoms with van der Waals surface area (Å²) < 4.78 is 24.3. The minimum Gasteiger partial charge on any atom is -0.370 e. The van der Waals surface area contributed by atoms with E-state index >= 15 is 0 Å². The molecule has 0 spiro atoms. The fourth-order valence-corrected chi connectivity index (χ4v) is 2.63. The predicted molar refractivity (Wildman–Crippen MR) is 84.2 cm³/mol. The van der Waals surface area contributed by atoms with Gasteiger partial charge in [0.2, 0.25) is 5.89 Å². The zero-order valence-corrected chi connectivity index (χ0v) is 14.1. The first kappa shape index (κ1) is 17.4. The Balaban J connectivity index is 1.98. The number of aromatic nitrogens is 2. The summed E-state index contributed by atoms with van der Waals surface area (Å²) in [5.74, 6) is 1.16. The van der Waals surface area contributed by atoms with Crippen LogP contribution in [0.5, 0.6) is 0 Å². The van der Waals surface area contributed by atoms with E-state index in [9.17, 15) is 4.39 Å². The molecule has 0 aliphatic rings. The van der Waals surface area contributed by atoms with E-state index in [1.165, 1.54) is 17.8 Å². The number of nitriles is 1. The summed E-state index contributed by atoms with van der Waals surface area (Å²) in [5, 5.41) is 12.9. The van der Waals surface area contributed by atoms with Gasteiger partial charge >= 0.3 is 0 Å². The van der Waals surface area contributed by atoms with Crippen molar-refractivity contribution in [3.63, 3.8) is 0 Å². The van der Waals surface area contributed by atoms with Gasteiger partial charge in [-0.1, -0.05) is 25.1 Å². The van der Waals surface area contributed by atoms with Crippen molar-refractivity contribution in [2.24, 2.45) is 5.92 Å². The van der Waals surface area contributed by atoms with E-state index in [0.29, 0.717) is 34.9 Å². The molecule has 7 heteroatoms. The van der Waals surface area contributed by atoms with Crippen LogP contribution in [0.1, 0.15) is 44.2 Å². The Kier molecular flexibility index (Phi) is 6.13. The Morgan fingerprint density at radius 1 is 1.39 bits per heavy atom. The molecule has 122 valence electrons. The summed E-state index contributed by atoms with van der Waals surface area (Å²) >= 11 is 1.28. The number of rotatable bonds is 7. The third kappa shape index (κ3) is 4.78. The Hall–Kier alpha value is -1.91. The smallest absolute Gasteiger partial charge is 0.237 e. The van der Waals surface area contributed by atoms with Crippen LogP contribution in [0.4, 0.5) is 4.39 Å². The van der Waals surface area contributed by atoms with E-state index in [1.807, 2.05) is 13.0 Å². The molecule has 1 atom stereocenters. The first-order valence-electron chi connectivity index (χ1n) is 7.26. The molecule has 1 aromatic carbocycles. The monoisotopic (exact) mass is 335 g/mol. The molecule has 1 heterocycles. The van der Waals surface area contributed by atoms with Gasteiger partial charge in [-0.2, -0.15) is 10.2 Å². The maximum absolute atomic E-state index is 13.5. The second-order valence-electron chi connectivity index (χ2n) is 5.43. The molecule has 0 saturated carbocycles. The highest BCUT2D eigenvalue weighted by atomic mass is 32.2. The summed E-state index contributed by atoms with van der Waals surface area (Å²) in [4.78, 5) is 4.83. The molecule has 23 heavy (non-hydrogen) atoms. The molecule has 0 saturated heterocycles. The minimum absolute atomic E-state index is 0.0332. The van der Waals surface area contributed by atoms with Gasteiger partial charge in [0.1, 0.15) is 23.6 Å². The number of ether oxygens (including phenoxy) is 1. The Morgan fingerprint density at radius 2 is 2.17 bits per heavy atom. The molecule has 0 aliphatic carbocycles. The summed E-state index contributed by atoms with van der Waals surface area (Å²) in [6.07, 6.45) is -0.247. The van der Waals surface area contributed by atoms with E-state index in [4.69, 9.17) is 14.5 Å². The topological polar surface area (TPSA) is 71.9 Å². The van der Waals surface area contributed by atoms with Crippen molar-refractivity contribution in [1.29, 1.82) is 5.26 Å².